The maximum Gasteiger partial charge on any atom is 0.260 e. The van der Waals surface area contributed by atoms with Gasteiger partial charge in [0.05, 0.1) is 14.2 Å². The Bertz CT molecular complexity index is 788. The summed E-state index contributed by atoms with van der Waals surface area (Å²) >= 11 is 0. The predicted octanol–water partition coefficient (Wildman–Crippen LogP) is 3.23. The van der Waals surface area contributed by atoms with Crippen molar-refractivity contribution in [1.29, 1.82) is 0 Å². The van der Waals surface area contributed by atoms with Crippen LogP contribution in [0.15, 0.2) is 36.4 Å². The Morgan fingerprint density at radius 3 is 2.54 bits per heavy atom. The molecule has 2 aromatic carbocycles. The van der Waals surface area contributed by atoms with Crippen molar-refractivity contribution >= 4 is 5.91 Å². The van der Waals surface area contributed by atoms with Crippen LogP contribution in [-0.2, 0) is 24.2 Å². The number of aryl methyl sites for hydroxylation is 2. The number of benzene rings is 2. The van der Waals surface area contributed by atoms with Crippen molar-refractivity contribution in [3.63, 3.8) is 0 Å². The van der Waals surface area contributed by atoms with Crippen molar-refractivity contribution in [2.75, 3.05) is 27.9 Å². The van der Waals surface area contributed by atoms with Crippen LogP contribution in [0.1, 0.15) is 23.1 Å². The normalized spacial score (nSPS) is 12.4. The molecule has 0 spiro atoms. The molecule has 0 saturated heterocycles. The molecule has 0 unspecified atom stereocenters. The predicted molar refractivity (Wildman–Crippen MR) is 100.0 cm³/mol. The Hall–Kier alpha value is -2.69. The Morgan fingerprint density at radius 2 is 1.77 bits per heavy atom. The number of carbonyl (C=O) groups is 1. The van der Waals surface area contributed by atoms with Gasteiger partial charge in [-0.1, -0.05) is 12.1 Å². The average Bonchev–Trinajstić information content (AvgIpc) is 3.13. The number of fused-ring (bicyclic) bond motifs is 1. The number of rotatable bonds is 7. The molecular weight excluding hydrogens is 330 g/mol. The average molecular weight is 355 g/mol. The van der Waals surface area contributed by atoms with E-state index in [1.807, 2.05) is 24.3 Å². The van der Waals surface area contributed by atoms with Crippen LogP contribution in [-0.4, -0.2) is 38.7 Å². The van der Waals surface area contributed by atoms with E-state index >= 15 is 0 Å². The van der Waals surface area contributed by atoms with E-state index in [4.69, 9.17) is 14.2 Å². The number of nitrogens with zero attached hydrogens (tertiary/aromatic N) is 1. The van der Waals surface area contributed by atoms with Crippen LogP contribution in [0.4, 0.5) is 0 Å². The van der Waals surface area contributed by atoms with Crippen molar-refractivity contribution in [1.82, 2.24) is 4.90 Å². The van der Waals surface area contributed by atoms with E-state index in [9.17, 15) is 4.79 Å². The highest BCUT2D eigenvalue weighted by Crippen LogP contribution is 2.28. The third-order valence-electron chi connectivity index (χ3n) is 4.73. The van der Waals surface area contributed by atoms with Crippen LogP contribution in [0, 0.1) is 0 Å². The van der Waals surface area contributed by atoms with Gasteiger partial charge < -0.3 is 19.1 Å². The van der Waals surface area contributed by atoms with Gasteiger partial charge in [0.25, 0.3) is 5.91 Å². The topological polar surface area (TPSA) is 48.0 Å². The standard InChI is InChI=1S/C21H25NO4/c1-22(13-15-7-10-19(24-2)20(11-15)25-3)21(23)14-26-18-9-8-16-5-4-6-17(16)12-18/h7-12H,4-6,13-14H2,1-3H3. The molecule has 0 atom stereocenters. The van der Waals surface area contributed by atoms with Gasteiger partial charge in [-0.2, -0.15) is 0 Å². The molecule has 0 bridgehead atoms. The highest BCUT2D eigenvalue weighted by Gasteiger charge is 2.14. The van der Waals surface area contributed by atoms with Crippen LogP contribution in [0.3, 0.4) is 0 Å². The van der Waals surface area contributed by atoms with E-state index in [1.54, 1.807) is 26.2 Å². The van der Waals surface area contributed by atoms with Gasteiger partial charge in [-0.3, -0.25) is 4.79 Å². The minimum absolute atomic E-state index is 0.0303. The van der Waals surface area contributed by atoms with Crippen molar-refractivity contribution in [3.8, 4) is 17.2 Å². The molecule has 1 aliphatic rings. The lowest BCUT2D eigenvalue weighted by atomic mass is 10.1. The van der Waals surface area contributed by atoms with Crippen molar-refractivity contribution in [2.45, 2.75) is 25.8 Å². The molecule has 0 saturated carbocycles. The monoisotopic (exact) mass is 355 g/mol. The Morgan fingerprint density at radius 1 is 1.00 bits per heavy atom. The van der Waals surface area contributed by atoms with Crippen molar-refractivity contribution in [2.24, 2.45) is 0 Å². The maximum absolute atomic E-state index is 12.4. The second kappa shape index (κ2) is 8.13. The lowest BCUT2D eigenvalue weighted by molar-refractivity contribution is -0.132. The molecule has 2 aromatic rings. The number of carbonyl (C=O) groups excluding carboxylic acids is 1. The summed E-state index contributed by atoms with van der Waals surface area (Å²) in [5.74, 6) is 2.02. The number of amides is 1. The molecule has 0 aromatic heterocycles. The van der Waals surface area contributed by atoms with E-state index in [-0.39, 0.29) is 12.5 Å². The highest BCUT2D eigenvalue weighted by molar-refractivity contribution is 5.77. The number of ether oxygens (including phenoxy) is 3. The summed E-state index contributed by atoms with van der Waals surface area (Å²) < 4.78 is 16.2. The van der Waals surface area contributed by atoms with E-state index < -0.39 is 0 Å². The quantitative estimate of drug-likeness (QED) is 0.765. The Kier molecular flexibility index (Phi) is 5.66. The van der Waals surface area contributed by atoms with Gasteiger partial charge in [-0.15, -0.1) is 0 Å². The van der Waals surface area contributed by atoms with Gasteiger partial charge in [-0.25, -0.2) is 0 Å². The summed E-state index contributed by atoms with van der Waals surface area (Å²) in [6.45, 7) is 0.509. The first-order chi connectivity index (χ1) is 12.6. The third-order valence-corrected chi connectivity index (χ3v) is 4.73. The van der Waals surface area contributed by atoms with Crippen LogP contribution >= 0.6 is 0 Å². The SMILES string of the molecule is COc1ccc(CN(C)C(=O)COc2ccc3c(c2)CCC3)cc1OC. The summed E-state index contributed by atoms with van der Waals surface area (Å²) in [5, 5.41) is 0. The minimum Gasteiger partial charge on any atom is -0.493 e. The number of hydrogen-bond acceptors (Lipinski definition) is 4. The van der Waals surface area contributed by atoms with E-state index in [2.05, 4.69) is 12.1 Å². The summed E-state index contributed by atoms with van der Waals surface area (Å²) in [7, 11) is 4.97. The molecule has 0 heterocycles. The van der Waals surface area contributed by atoms with E-state index in [0.717, 1.165) is 24.2 Å². The molecule has 3 rings (SSSR count). The second-order valence-corrected chi connectivity index (χ2v) is 6.51. The third kappa shape index (κ3) is 4.10. The molecule has 1 aliphatic carbocycles. The van der Waals surface area contributed by atoms with Crippen LogP contribution < -0.4 is 14.2 Å². The zero-order valence-corrected chi connectivity index (χ0v) is 15.6. The first kappa shape index (κ1) is 18.1. The molecule has 1 amide bonds. The lowest BCUT2D eigenvalue weighted by Crippen LogP contribution is -2.31. The minimum atomic E-state index is -0.0692. The van der Waals surface area contributed by atoms with Crippen molar-refractivity contribution in [3.05, 3.63) is 53.1 Å². The fourth-order valence-corrected chi connectivity index (χ4v) is 3.23. The zero-order chi connectivity index (χ0) is 18.5. The molecule has 26 heavy (non-hydrogen) atoms. The molecule has 0 N–H and O–H groups in total. The molecular formula is C21H25NO4. The smallest absolute Gasteiger partial charge is 0.260 e. The summed E-state index contributed by atoms with van der Waals surface area (Å²) in [6.07, 6.45) is 3.44. The number of methoxy groups -OCH3 is 2. The van der Waals surface area contributed by atoms with E-state index in [1.165, 1.54) is 17.5 Å². The highest BCUT2D eigenvalue weighted by atomic mass is 16.5. The summed E-state index contributed by atoms with van der Waals surface area (Å²) in [6, 6.07) is 11.8. The van der Waals surface area contributed by atoms with Crippen LogP contribution in [0.5, 0.6) is 17.2 Å². The molecule has 0 radical (unpaired) electrons. The van der Waals surface area contributed by atoms with Gasteiger partial charge in [0.1, 0.15) is 5.75 Å². The zero-order valence-electron chi connectivity index (χ0n) is 15.6. The van der Waals surface area contributed by atoms with Gasteiger partial charge in [0, 0.05) is 13.6 Å². The largest absolute Gasteiger partial charge is 0.493 e. The first-order valence-corrected chi connectivity index (χ1v) is 8.80. The molecule has 0 fully saturated rings. The molecule has 138 valence electrons. The van der Waals surface area contributed by atoms with Crippen molar-refractivity contribution < 1.29 is 19.0 Å². The van der Waals surface area contributed by atoms with Gasteiger partial charge >= 0.3 is 0 Å². The summed E-state index contributed by atoms with van der Waals surface area (Å²) in [5.41, 5.74) is 3.71. The first-order valence-electron chi connectivity index (χ1n) is 8.80. The van der Waals surface area contributed by atoms with Gasteiger partial charge in [0.15, 0.2) is 18.1 Å². The van der Waals surface area contributed by atoms with E-state index in [0.29, 0.717) is 18.0 Å². The van der Waals surface area contributed by atoms with Gasteiger partial charge in [-0.05, 0) is 60.2 Å². The maximum atomic E-state index is 12.4. The number of hydrogen-bond donors (Lipinski definition) is 0. The van der Waals surface area contributed by atoms with Crippen LogP contribution in [0.25, 0.3) is 0 Å². The molecule has 5 nitrogen and oxygen atoms in total. The Labute approximate surface area is 154 Å². The summed E-state index contributed by atoms with van der Waals surface area (Å²) in [4.78, 5) is 14.0. The fraction of sp³-hybridized carbons (Fsp3) is 0.381. The van der Waals surface area contributed by atoms with Gasteiger partial charge in [0.2, 0.25) is 0 Å². The second-order valence-electron chi connectivity index (χ2n) is 6.51. The lowest BCUT2D eigenvalue weighted by Gasteiger charge is -2.18. The van der Waals surface area contributed by atoms with Crippen LogP contribution in [0.2, 0.25) is 0 Å². The molecule has 0 aliphatic heterocycles. The molecule has 5 heteroatoms. The fourth-order valence-electron chi connectivity index (χ4n) is 3.23. The Balaban J connectivity index is 1.56. The number of likely N-dealkylation sites (N-methyl/N-ethyl adjacent to an activating group) is 1.